The van der Waals surface area contributed by atoms with Crippen molar-refractivity contribution in [1.82, 2.24) is 9.80 Å². The highest BCUT2D eigenvalue weighted by atomic mass is 19.4. The third-order valence-electron chi connectivity index (χ3n) is 5.43. The van der Waals surface area contributed by atoms with Crippen LogP contribution in [0.5, 0.6) is 0 Å². The summed E-state index contributed by atoms with van der Waals surface area (Å²) in [5.74, 6) is -0.452. The number of piperazine rings is 1. The van der Waals surface area contributed by atoms with Gasteiger partial charge in [0.2, 0.25) is 0 Å². The maximum absolute atomic E-state index is 13.7. The van der Waals surface area contributed by atoms with E-state index in [0.717, 1.165) is 43.5 Å². The Balaban J connectivity index is 1.80. The molecule has 1 aliphatic heterocycles. The number of likely N-dealkylation sites (N-methyl/N-ethyl adjacent to an activating group) is 1. The largest absolute Gasteiger partial charge is 0.416 e. The predicted octanol–water partition coefficient (Wildman–Crippen LogP) is 4.06. The number of carbonyl (C=O) groups excluding carboxylic acids is 1. The van der Waals surface area contributed by atoms with Gasteiger partial charge in [0, 0.05) is 56.7 Å². The van der Waals surface area contributed by atoms with Gasteiger partial charge in [-0.1, -0.05) is 12.1 Å². The van der Waals surface area contributed by atoms with Crippen molar-refractivity contribution in [3.63, 3.8) is 0 Å². The number of benzene rings is 2. The highest BCUT2D eigenvalue weighted by Crippen LogP contribution is 2.34. The van der Waals surface area contributed by atoms with Crippen LogP contribution in [0.1, 0.15) is 27.0 Å². The number of halogens is 3. The lowest BCUT2D eigenvalue weighted by Gasteiger charge is -2.33. The number of amides is 1. The standard InChI is InChI=1S/C22H27F3N4O/c1-15-4-5-16(12-20(15)26-2)21(30)27-18-7-6-17(19(13-18)22(23,24)25)14-29-10-8-28(3)9-11-29/h4-7,12-13,26H,8-11,14H2,1-3H3,(H,27,30). The van der Waals surface area contributed by atoms with E-state index in [9.17, 15) is 18.0 Å². The number of rotatable bonds is 5. The van der Waals surface area contributed by atoms with Crippen molar-refractivity contribution in [3.05, 3.63) is 58.7 Å². The van der Waals surface area contributed by atoms with Gasteiger partial charge in [0.1, 0.15) is 0 Å². The number of anilines is 2. The average molecular weight is 420 g/mol. The van der Waals surface area contributed by atoms with E-state index in [2.05, 4.69) is 15.5 Å². The molecule has 0 bridgehead atoms. The summed E-state index contributed by atoms with van der Waals surface area (Å²) in [7, 11) is 3.75. The summed E-state index contributed by atoms with van der Waals surface area (Å²) in [6.07, 6.45) is -4.49. The van der Waals surface area contributed by atoms with Crippen molar-refractivity contribution in [2.24, 2.45) is 0 Å². The summed E-state index contributed by atoms with van der Waals surface area (Å²) in [6, 6.07) is 9.14. The summed E-state index contributed by atoms with van der Waals surface area (Å²) in [6.45, 7) is 5.27. The van der Waals surface area contributed by atoms with Crippen molar-refractivity contribution in [1.29, 1.82) is 0 Å². The number of hydrogen-bond donors (Lipinski definition) is 2. The second kappa shape index (κ2) is 9.06. The summed E-state index contributed by atoms with van der Waals surface area (Å²) >= 11 is 0. The third-order valence-corrected chi connectivity index (χ3v) is 5.43. The first kappa shape index (κ1) is 22.1. The van der Waals surface area contributed by atoms with E-state index in [1.807, 2.05) is 18.9 Å². The zero-order valence-electron chi connectivity index (χ0n) is 17.4. The Hall–Kier alpha value is -2.58. The molecule has 0 saturated carbocycles. The molecule has 0 spiro atoms. The molecule has 0 aromatic heterocycles. The summed E-state index contributed by atoms with van der Waals surface area (Å²) in [4.78, 5) is 16.7. The molecule has 0 aliphatic carbocycles. The topological polar surface area (TPSA) is 47.6 Å². The van der Waals surface area contributed by atoms with Crippen LogP contribution in [-0.2, 0) is 12.7 Å². The van der Waals surface area contributed by atoms with Gasteiger partial charge in [-0.05, 0) is 49.4 Å². The van der Waals surface area contributed by atoms with Gasteiger partial charge in [0.25, 0.3) is 5.91 Å². The molecule has 0 atom stereocenters. The van der Waals surface area contributed by atoms with Crippen LogP contribution in [0, 0.1) is 6.92 Å². The molecular formula is C22H27F3N4O. The zero-order valence-corrected chi connectivity index (χ0v) is 17.4. The Kier molecular flexibility index (Phi) is 6.67. The molecule has 162 valence electrons. The lowest BCUT2D eigenvalue weighted by Crippen LogP contribution is -2.44. The van der Waals surface area contributed by atoms with Crippen LogP contribution in [0.2, 0.25) is 0 Å². The number of aryl methyl sites for hydroxylation is 1. The summed E-state index contributed by atoms with van der Waals surface area (Å²) < 4.78 is 41.1. The first-order valence-electron chi connectivity index (χ1n) is 9.88. The van der Waals surface area contributed by atoms with Crippen LogP contribution in [-0.4, -0.2) is 56.0 Å². The van der Waals surface area contributed by atoms with Crippen LogP contribution in [0.4, 0.5) is 24.5 Å². The monoisotopic (exact) mass is 420 g/mol. The smallest absolute Gasteiger partial charge is 0.388 e. The van der Waals surface area contributed by atoms with Gasteiger partial charge in [-0.3, -0.25) is 9.69 Å². The Morgan fingerprint density at radius 2 is 1.77 bits per heavy atom. The molecule has 1 amide bonds. The zero-order chi connectivity index (χ0) is 21.9. The quantitative estimate of drug-likeness (QED) is 0.766. The Labute approximate surface area is 174 Å². The molecule has 0 unspecified atom stereocenters. The van der Waals surface area contributed by atoms with Gasteiger partial charge in [-0.15, -0.1) is 0 Å². The minimum atomic E-state index is -4.49. The predicted molar refractivity (Wildman–Crippen MR) is 113 cm³/mol. The van der Waals surface area contributed by atoms with E-state index >= 15 is 0 Å². The van der Waals surface area contributed by atoms with E-state index in [1.165, 1.54) is 12.1 Å². The van der Waals surface area contributed by atoms with Crippen LogP contribution in [0.25, 0.3) is 0 Å². The van der Waals surface area contributed by atoms with Crippen molar-refractivity contribution in [3.8, 4) is 0 Å². The molecule has 3 rings (SSSR count). The van der Waals surface area contributed by atoms with Gasteiger partial charge in [-0.2, -0.15) is 13.2 Å². The molecular weight excluding hydrogens is 393 g/mol. The van der Waals surface area contributed by atoms with Gasteiger partial charge in [0.15, 0.2) is 0 Å². The molecule has 8 heteroatoms. The van der Waals surface area contributed by atoms with E-state index in [-0.39, 0.29) is 17.8 Å². The first-order valence-corrected chi connectivity index (χ1v) is 9.88. The molecule has 2 aromatic carbocycles. The third kappa shape index (κ3) is 5.31. The average Bonchev–Trinajstić information content (AvgIpc) is 2.70. The minimum Gasteiger partial charge on any atom is -0.388 e. The van der Waals surface area contributed by atoms with E-state index in [1.54, 1.807) is 25.2 Å². The van der Waals surface area contributed by atoms with E-state index < -0.39 is 17.6 Å². The molecule has 2 aromatic rings. The number of hydrogen-bond acceptors (Lipinski definition) is 4. The van der Waals surface area contributed by atoms with Crippen molar-refractivity contribution >= 4 is 17.3 Å². The molecule has 1 fully saturated rings. The second-order valence-electron chi connectivity index (χ2n) is 7.68. The summed E-state index contributed by atoms with van der Waals surface area (Å²) in [5, 5.41) is 5.59. The van der Waals surface area contributed by atoms with Crippen LogP contribution < -0.4 is 10.6 Å². The fourth-order valence-corrected chi connectivity index (χ4v) is 3.54. The van der Waals surface area contributed by atoms with Gasteiger partial charge in [-0.25, -0.2) is 0 Å². The molecule has 1 heterocycles. The lowest BCUT2D eigenvalue weighted by molar-refractivity contribution is -0.138. The molecule has 30 heavy (non-hydrogen) atoms. The Bertz CT molecular complexity index is 906. The molecule has 1 saturated heterocycles. The van der Waals surface area contributed by atoms with Gasteiger partial charge < -0.3 is 15.5 Å². The number of nitrogens with one attached hydrogen (secondary N) is 2. The maximum Gasteiger partial charge on any atom is 0.416 e. The molecule has 5 nitrogen and oxygen atoms in total. The van der Waals surface area contributed by atoms with E-state index in [4.69, 9.17) is 0 Å². The lowest BCUT2D eigenvalue weighted by atomic mass is 10.0. The van der Waals surface area contributed by atoms with Gasteiger partial charge >= 0.3 is 6.18 Å². The van der Waals surface area contributed by atoms with Crippen molar-refractivity contribution in [2.75, 3.05) is 50.9 Å². The maximum atomic E-state index is 13.7. The summed E-state index contributed by atoms with van der Waals surface area (Å²) in [5.41, 5.74) is 1.78. The van der Waals surface area contributed by atoms with E-state index in [0.29, 0.717) is 5.56 Å². The molecule has 2 N–H and O–H groups in total. The highest BCUT2D eigenvalue weighted by molar-refractivity contribution is 6.05. The normalized spacial score (nSPS) is 15.8. The SMILES string of the molecule is CNc1cc(C(=O)Nc2ccc(CN3CCN(C)CC3)c(C(F)(F)F)c2)ccc1C. The number of alkyl halides is 3. The molecule has 1 aliphatic rings. The van der Waals surface area contributed by atoms with Crippen LogP contribution in [0.3, 0.4) is 0 Å². The number of carbonyl (C=O) groups is 1. The number of nitrogens with zero attached hydrogens (tertiary/aromatic N) is 2. The second-order valence-corrected chi connectivity index (χ2v) is 7.68. The van der Waals surface area contributed by atoms with Crippen molar-refractivity contribution in [2.45, 2.75) is 19.6 Å². The fourth-order valence-electron chi connectivity index (χ4n) is 3.54. The highest BCUT2D eigenvalue weighted by Gasteiger charge is 2.34. The van der Waals surface area contributed by atoms with Gasteiger partial charge in [0.05, 0.1) is 5.56 Å². The minimum absolute atomic E-state index is 0.126. The van der Waals surface area contributed by atoms with Crippen LogP contribution >= 0.6 is 0 Å². The Morgan fingerprint density at radius 3 is 2.40 bits per heavy atom. The fraction of sp³-hybridized carbons (Fsp3) is 0.409. The first-order chi connectivity index (χ1) is 14.2. The van der Waals surface area contributed by atoms with Crippen molar-refractivity contribution < 1.29 is 18.0 Å². The molecule has 0 radical (unpaired) electrons. The van der Waals surface area contributed by atoms with Crippen LogP contribution in [0.15, 0.2) is 36.4 Å². The Morgan fingerprint density at radius 1 is 1.07 bits per heavy atom.